The maximum absolute atomic E-state index is 13.5. The molecule has 3 aliphatic rings. The van der Waals surface area contributed by atoms with Crippen LogP contribution < -0.4 is 5.32 Å². The molecular formula is C89H145NO18. The predicted octanol–water partition coefficient (Wildman–Crippen LogP) is 14.6. The standard InChI is InChI=1S/C89H145NO18/c1-3-5-7-9-11-13-15-17-19-21-23-25-27-29-30-31-32-33-34-35-36-37-38-39-40-41-42-43-45-47-49-51-53-55-57-59-61-63-65-67-77(95)90-72(73(94)66-64-62-60-58-56-54-52-50-48-46-44-28-26-24-22-20-18-16-14-12-10-8-6-4-2)71-103-87-83(101)80(98)85(75(69-92)105-87)108-89-84(102)81(99)86(76(70-93)106-89)107-88-82(100)79(97)78(96)74(68-91)104-88/h5,7,11,13,17,19,23,25,29-30,32-33,35-36,38-39,41-42,45,47,51,53,56-59,64,66,72-76,78-89,91-94,96-102H,3-4,6,8-10,12,14-16,18,20-22,24,26-28,31,34,37,40,43-44,46,48-50,52,54-55,60-63,65,67-71H2,1-2H3,(H,90,95)/b7-5-,13-11-,19-17-,25-23-,30-29-,33-32-,36-35-,39-38-,42-41-,47-45-,53-51-,58-56+,59-57-,66-64+. The SMILES string of the molecule is CC/C=C\C/C=C\C/C=C\C/C=C\C/C=C\C/C=C\C/C=C\C/C=C\C/C=C\C/C=C\C/C=C\C/C=C\CCCCC(=O)NC(COC1OC(CO)C(OC2OC(CO)C(OC3OC(CO)C(O)C(O)C3O)C(O)C2O)C(O)C1O)C(O)/C=C/CC/C=C/CCCCCCCCCCCCCCCCCCCC. The number of allylic oxidation sites excluding steroid dienone is 27. The van der Waals surface area contributed by atoms with Gasteiger partial charge in [-0.2, -0.15) is 0 Å². The Bertz CT molecular complexity index is 2620. The van der Waals surface area contributed by atoms with Crippen molar-refractivity contribution in [2.24, 2.45) is 0 Å². The molecular weight excluding hydrogens is 1370 g/mol. The van der Waals surface area contributed by atoms with Crippen LogP contribution in [0.5, 0.6) is 0 Å². The second-order valence-corrected chi connectivity index (χ2v) is 28.5. The van der Waals surface area contributed by atoms with E-state index in [2.05, 4.69) is 177 Å². The highest BCUT2D eigenvalue weighted by molar-refractivity contribution is 5.76. The van der Waals surface area contributed by atoms with Crippen molar-refractivity contribution >= 4 is 5.91 Å². The number of carbonyl (C=O) groups is 1. The Balaban J connectivity index is 1.40. The monoisotopic (exact) mass is 1520 g/mol. The summed E-state index contributed by atoms with van der Waals surface area (Å²) in [5, 5.41) is 121. The zero-order valence-corrected chi connectivity index (χ0v) is 65.7. The molecule has 614 valence electrons. The van der Waals surface area contributed by atoms with Crippen molar-refractivity contribution in [1.82, 2.24) is 5.32 Å². The zero-order chi connectivity index (χ0) is 78.1. The van der Waals surface area contributed by atoms with Crippen LogP contribution in [-0.4, -0.2) is 193 Å². The molecule has 19 nitrogen and oxygen atoms in total. The molecule has 0 saturated carbocycles. The van der Waals surface area contributed by atoms with E-state index in [1.165, 1.54) is 109 Å². The number of hydrogen-bond acceptors (Lipinski definition) is 18. The number of hydrogen-bond donors (Lipinski definition) is 12. The molecule has 108 heavy (non-hydrogen) atoms. The lowest BCUT2D eigenvalue weighted by molar-refractivity contribution is -0.379. The van der Waals surface area contributed by atoms with Gasteiger partial charge in [0.1, 0.15) is 73.2 Å². The first kappa shape index (κ1) is 97.3. The second kappa shape index (κ2) is 66.7. The van der Waals surface area contributed by atoms with Gasteiger partial charge in [-0.05, 0) is 122 Å². The summed E-state index contributed by atoms with van der Waals surface area (Å²) >= 11 is 0. The molecule has 17 unspecified atom stereocenters. The average molecular weight is 1520 g/mol. The highest BCUT2D eigenvalue weighted by Crippen LogP contribution is 2.33. The summed E-state index contributed by atoms with van der Waals surface area (Å²) in [5.74, 6) is -0.333. The molecule has 3 saturated heterocycles. The smallest absolute Gasteiger partial charge is 0.220 e. The van der Waals surface area contributed by atoms with E-state index in [-0.39, 0.29) is 12.3 Å². The van der Waals surface area contributed by atoms with E-state index in [0.717, 1.165) is 109 Å². The Morgan fingerprint density at radius 1 is 0.343 bits per heavy atom. The molecule has 0 radical (unpaired) electrons. The number of rotatable bonds is 63. The molecule has 17 atom stereocenters. The fourth-order valence-corrected chi connectivity index (χ4v) is 12.7. The summed E-state index contributed by atoms with van der Waals surface area (Å²) in [7, 11) is 0. The van der Waals surface area contributed by atoms with Crippen LogP contribution in [-0.2, 0) is 33.2 Å². The minimum atomic E-state index is -2.00. The quantitative estimate of drug-likeness (QED) is 0.0199. The highest BCUT2D eigenvalue weighted by Gasteiger charge is 2.54. The van der Waals surface area contributed by atoms with Gasteiger partial charge < -0.3 is 89.9 Å². The third-order valence-corrected chi connectivity index (χ3v) is 19.2. The number of aliphatic hydroxyl groups excluding tert-OH is 11. The largest absolute Gasteiger partial charge is 0.394 e. The van der Waals surface area contributed by atoms with Crippen LogP contribution in [0.15, 0.2) is 170 Å². The number of ether oxygens (including phenoxy) is 6. The number of nitrogens with one attached hydrogen (secondary N) is 1. The van der Waals surface area contributed by atoms with Crippen LogP contribution in [0.25, 0.3) is 0 Å². The van der Waals surface area contributed by atoms with Gasteiger partial charge in [0.2, 0.25) is 5.91 Å². The lowest BCUT2D eigenvalue weighted by atomic mass is 9.96. The van der Waals surface area contributed by atoms with Crippen molar-refractivity contribution < 1.29 is 89.4 Å². The number of carbonyl (C=O) groups excluding carboxylic acids is 1. The summed E-state index contributed by atoms with van der Waals surface area (Å²) < 4.78 is 34.4. The van der Waals surface area contributed by atoms with Crippen molar-refractivity contribution in [3.8, 4) is 0 Å². The highest BCUT2D eigenvalue weighted by atomic mass is 16.8. The molecule has 0 aromatic rings. The Kier molecular flexibility index (Phi) is 60.1. The summed E-state index contributed by atoms with van der Waals surface area (Å²) in [6.07, 6.45) is 73.4. The molecule has 19 heteroatoms. The number of unbranched alkanes of at least 4 members (excludes halogenated alkanes) is 21. The fourth-order valence-electron chi connectivity index (χ4n) is 12.7. The average Bonchev–Trinajstić information content (AvgIpc) is 0.775. The molecule has 0 spiro atoms. The molecule has 0 aromatic heterocycles. The first-order valence-electron chi connectivity index (χ1n) is 41.4. The maximum atomic E-state index is 13.5. The van der Waals surface area contributed by atoms with Gasteiger partial charge in [-0.3, -0.25) is 4.79 Å². The minimum absolute atomic E-state index is 0.169. The Hall–Kier alpha value is -4.85. The van der Waals surface area contributed by atoms with Crippen molar-refractivity contribution in [2.75, 3.05) is 26.4 Å². The van der Waals surface area contributed by atoms with Crippen molar-refractivity contribution in [3.63, 3.8) is 0 Å². The Labute approximate surface area is 649 Å². The van der Waals surface area contributed by atoms with Gasteiger partial charge in [0.15, 0.2) is 18.9 Å². The molecule has 3 rings (SSSR count). The minimum Gasteiger partial charge on any atom is -0.394 e. The van der Waals surface area contributed by atoms with Gasteiger partial charge in [0.05, 0.1) is 38.6 Å². The van der Waals surface area contributed by atoms with E-state index < -0.39 is 131 Å². The third kappa shape index (κ3) is 45.6. The van der Waals surface area contributed by atoms with Crippen molar-refractivity contribution in [1.29, 1.82) is 0 Å². The summed E-state index contributed by atoms with van der Waals surface area (Å²) in [4.78, 5) is 13.5. The lowest BCUT2D eigenvalue weighted by Crippen LogP contribution is -2.66. The van der Waals surface area contributed by atoms with E-state index in [0.29, 0.717) is 12.8 Å². The van der Waals surface area contributed by atoms with E-state index in [9.17, 15) is 61.0 Å². The first-order valence-corrected chi connectivity index (χ1v) is 41.4. The maximum Gasteiger partial charge on any atom is 0.220 e. The predicted molar refractivity (Wildman–Crippen MR) is 433 cm³/mol. The zero-order valence-electron chi connectivity index (χ0n) is 65.7. The van der Waals surface area contributed by atoms with Gasteiger partial charge in [0.25, 0.3) is 0 Å². The van der Waals surface area contributed by atoms with E-state index in [4.69, 9.17) is 28.4 Å². The van der Waals surface area contributed by atoms with E-state index >= 15 is 0 Å². The second-order valence-electron chi connectivity index (χ2n) is 28.5. The molecule has 3 fully saturated rings. The van der Waals surface area contributed by atoms with Crippen LogP contribution in [0.2, 0.25) is 0 Å². The first-order chi connectivity index (χ1) is 52.8. The van der Waals surface area contributed by atoms with Crippen molar-refractivity contribution in [2.45, 2.75) is 356 Å². The van der Waals surface area contributed by atoms with E-state index in [1.54, 1.807) is 6.08 Å². The van der Waals surface area contributed by atoms with E-state index in [1.807, 2.05) is 6.08 Å². The van der Waals surface area contributed by atoms with Crippen molar-refractivity contribution in [3.05, 3.63) is 170 Å². The van der Waals surface area contributed by atoms with Gasteiger partial charge in [-0.1, -0.05) is 293 Å². The van der Waals surface area contributed by atoms with Gasteiger partial charge in [-0.25, -0.2) is 0 Å². The summed E-state index contributed by atoms with van der Waals surface area (Å²) in [6.45, 7) is 1.57. The molecule has 3 aliphatic heterocycles. The van der Waals surface area contributed by atoms with Gasteiger partial charge in [-0.15, -0.1) is 0 Å². The molecule has 3 heterocycles. The Morgan fingerprint density at radius 3 is 1.04 bits per heavy atom. The van der Waals surface area contributed by atoms with Gasteiger partial charge in [0, 0.05) is 6.42 Å². The summed E-state index contributed by atoms with van der Waals surface area (Å²) in [5.41, 5.74) is 0. The van der Waals surface area contributed by atoms with Crippen LogP contribution >= 0.6 is 0 Å². The topological polar surface area (TPSA) is 307 Å². The number of amides is 1. The van der Waals surface area contributed by atoms with Gasteiger partial charge >= 0.3 is 0 Å². The van der Waals surface area contributed by atoms with Crippen LogP contribution in [0.3, 0.4) is 0 Å². The fraction of sp³-hybridized carbons (Fsp3) is 0.674. The van der Waals surface area contributed by atoms with Crippen LogP contribution in [0, 0.1) is 0 Å². The normalized spacial score (nSPS) is 26.3. The molecule has 0 bridgehead atoms. The summed E-state index contributed by atoms with van der Waals surface area (Å²) in [6, 6.07) is -1.03. The molecule has 12 N–H and O–H groups in total. The molecule has 1 amide bonds. The Morgan fingerprint density at radius 2 is 0.648 bits per heavy atom. The lowest BCUT2D eigenvalue weighted by Gasteiger charge is -2.48. The van der Waals surface area contributed by atoms with Crippen LogP contribution in [0.1, 0.15) is 251 Å². The van der Waals surface area contributed by atoms with Crippen LogP contribution in [0.4, 0.5) is 0 Å². The molecule has 0 aromatic carbocycles. The third-order valence-electron chi connectivity index (χ3n) is 19.2. The molecule has 0 aliphatic carbocycles. The number of aliphatic hydroxyl groups is 11.